The topological polar surface area (TPSA) is 97.0 Å². The van der Waals surface area contributed by atoms with Crippen molar-refractivity contribution >= 4 is 18.2 Å². The Morgan fingerprint density at radius 3 is 2.65 bits per heavy atom. The molecule has 1 unspecified atom stereocenters. The summed E-state index contributed by atoms with van der Waals surface area (Å²) in [7, 11) is 3.33. The van der Waals surface area contributed by atoms with Crippen LogP contribution in [0.2, 0.25) is 0 Å². The van der Waals surface area contributed by atoms with Crippen molar-refractivity contribution in [1.82, 2.24) is 15.7 Å². The van der Waals surface area contributed by atoms with Gasteiger partial charge in [0.1, 0.15) is 6.61 Å². The molecule has 0 aliphatic heterocycles. The molecule has 0 aromatic rings. The summed E-state index contributed by atoms with van der Waals surface area (Å²) in [6.07, 6.45) is 3.60. The van der Waals surface area contributed by atoms with Gasteiger partial charge in [-0.1, -0.05) is 0 Å². The maximum Gasteiger partial charge on any atom is 0.251 e. The van der Waals surface area contributed by atoms with Crippen LogP contribution >= 0.6 is 0 Å². The van der Waals surface area contributed by atoms with Crippen LogP contribution in [0.1, 0.15) is 13.3 Å². The van der Waals surface area contributed by atoms with Crippen LogP contribution in [0.3, 0.4) is 0 Å². The largest absolute Gasteiger partial charge is 0.380 e. The van der Waals surface area contributed by atoms with Gasteiger partial charge in [0, 0.05) is 39.9 Å². The fraction of sp³-hybridized carbons (Fsp3) is 0.583. The van der Waals surface area contributed by atoms with Crippen molar-refractivity contribution in [1.29, 1.82) is 0 Å². The predicted molar refractivity (Wildman–Crippen MR) is 71.2 cm³/mol. The highest BCUT2D eigenvalue weighted by Gasteiger charge is 2.09. The van der Waals surface area contributed by atoms with E-state index in [0.717, 1.165) is 0 Å². The summed E-state index contributed by atoms with van der Waals surface area (Å²) < 4.78 is 5.19. The summed E-state index contributed by atoms with van der Waals surface area (Å²) in [5.41, 5.74) is 2.22. The Hall–Kier alpha value is -1.93. The van der Waals surface area contributed by atoms with E-state index in [9.17, 15) is 14.4 Å². The lowest BCUT2D eigenvalue weighted by Crippen LogP contribution is -2.30. The van der Waals surface area contributed by atoms with Crippen LogP contribution in [0.15, 0.2) is 12.3 Å². The molecule has 0 bridgehead atoms. The highest BCUT2D eigenvalue weighted by Crippen LogP contribution is 2.00. The van der Waals surface area contributed by atoms with Gasteiger partial charge in [-0.3, -0.25) is 24.5 Å². The smallest absolute Gasteiger partial charge is 0.251 e. The molecule has 0 heterocycles. The average Bonchev–Trinajstić information content (AvgIpc) is 2.40. The van der Waals surface area contributed by atoms with Crippen molar-refractivity contribution in [2.75, 3.05) is 27.3 Å². The van der Waals surface area contributed by atoms with E-state index >= 15 is 0 Å². The highest BCUT2D eigenvalue weighted by molar-refractivity contribution is 5.94. The molecule has 0 spiro atoms. The quantitative estimate of drug-likeness (QED) is 0.309. The van der Waals surface area contributed by atoms with Crippen LogP contribution in [-0.2, 0) is 24.0 Å². The van der Waals surface area contributed by atoms with E-state index in [-0.39, 0.29) is 18.6 Å². The third-order valence-corrected chi connectivity index (χ3v) is 2.30. The van der Waals surface area contributed by atoms with E-state index in [4.69, 9.17) is 9.57 Å². The van der Waals surface area contributed by atoms with Gasteiger partial charge in [-0.05, 0) is 6.42 Å². The highest BCUT2D eigenvalue weighted by atomic mass is 16.7. The summed E-state index contributed by atoms with van der Waals surface area (Å²) in [5, 5.41) is 2.00. The Balaban J connectivity index is 3.94. The number of nitrogens with zero attached hydrogens (tertiary/aromatic N) is 1. The molecule has 0 aromatic heterocycles. The van der Waals surface area contributed by atoms with Gasteiger partial charge in [-0.25, -0.2) is 5.48 Å². The molecule has 114 valence electrons. The molecule has 0 saturated carbocycles. The zero-order valence-electron chi connectivity index (χ0n) is 11.9. The first-order valence-electron chi connectivity index (χ1n) is 6.03. The summed E-state index contributed by atoms with van der Waals surface area (Å²) in [6, 6.07) is 0. The fourth-order valence-corrected chi connectivity index (χ4v) is 1.23. The van der Waals surface area contributed by atoms with Gasteiger partial charge in [-0.15, -0.1) is 0 Å². The molecule has 0 fully saturated rings. The first-order chi connectivity index (χ1) is 9.49. The molecule has 0 aromatic carbocycles. The zero-order valence-corrected chi connectivity index (χ0v) is 11.9. The molecule has 2 N–H and O–H groups in total. The molecule has 0 rings (SSSR count). The van der Waals surface area contributed by atoms with Gasteiger partial charge in [0.25, 0.3) is 5.91 Å². The van der Waals surface area contributed by atoms with Crippen molar-refractivity contribution in [2.45, 2.75) is 19.4 Å². The maximum absolute atomic E-state index is 11.0. The third kappa shape index (κ3) is 10.0. The van der Waals surface area contributed by atoms with Crippen molar-refractivity contribution < 1.29 is 24.0 Å². The normalized spacial score (nSPS) is 11.9. The molecule has 20 heavy (non-hydrogen) atoms. The molecule has 3 amide bonds. The zero-order chi connectivity index (χ0) is 15.4. The van der Waals surface area contributed by atoms with E-state index < -0.39 is 5.91 Å². The van der Waals surface area contributed by atoms with E-state index in [1.165, 1.54) is 13.0 Å². The summed E-state index contributed by atoms with van der Waals surface area (Å²) in [5.74, 6) is -0.759. The van der Waals surface area contributed by atoms with E-state index in [1.807, 2.05) is 5.32 Å². The minimum Gasteiger partial charge on any atom is -0.380 e. The van der Waals surface area contributed by atoms with Gasteiger partial charge < -0.3 is 9.64 Å². The van der Waals surface area contributed by atoms with Gasteiger partial charge in [0.2, 0.25) is 12.3 Å². The number of hydrogen-bond acceptors (Lipinski definition) is 6. The Kier molecular flexibility index (Phi) is 9.89. The molecule has 8 heteroatoms. The number of hydrogen-bond donors (Lipinski definition) is 2. The molecule has 0 aliphatic rings. The second-order valence-corrected chi connectivity index (χ2v) is 4.04. The monoisotopic (exact) mass is 287 g/mol. The Bertz CT molecular complexity index is 346. The van der Waals surface area contributed by atoms with E-state index in [2.05, 4.69) is 5.48 Å². The minimum absolute atomic E-state index is 0.179. The second kappa shape index (κ2) is 10.9. The number of hydroxylamine groups is 1. The van der Waals surface area contributed by atoms with Crippen LogP contribution in [0, 0.1) is 0 Å². The lowest BCUT2D eigenvalue weighted by molar-refractivity contribution is -0.134. The first kappa shape index (κ1) is 18.1. The summed E-state index contributed by atoms with van der Waals surface area (Å²) in [4.78, 5) is 38.4. The molecule has 0 saturated heterocycles. The molecule has 0 aliphatic carbocycles. The van der Waals surface area contributed by atoms with Gasteiger partial charge >= 0.3 is 0 Å². The van der Waals surface area contributed by atoms with Gasteiger partial charge in [-0.2, -0.15) is 0 Å². The van der Waals surface area contributed by atoms with Crippen LogP contribution in [-0.4, -0.2) is 56.5 Å². The Labute approximate surface area is 118 Å². The lowest BCUT2D eigenvalue weighted by atomic mass is 10.2. The number of carbonyl (C=O) groups excluding carboxylic acids is 3. The fourth-order valence-electron chi connectivity index (χ4n) is 1.23. The number of amides is 3. The van der Waals surface area contributed by atoms with Crippen LogP contribution in [0.4, 0.5) is 0 Å². The second-order valence-electron chi connectivity index (χ2n) is 4.04. The number of rotatable bonds is 10. The van der Waals surface area contributed by atoms with Crippen molar-refractivity contribution in [3.8, 4) is 0 Å². The van der Waals surface area contributed by atoms with Crippen molar-refractivity contribution in [3.63, 3.8) is 0 Å². The van der Waals surface area contributed by atoms with Crippen molar-refractivity contribution in [2.24, 2.45) is 0 Å². The minimum atomic E-state index is -0.482. The van der Waals surface area contributed by atoms with Gasteiger partial charge in [0.15, 0.2) is 0 Å². The average molecular weight is 287 g/mol. The number of imide groups is 1. The first-order valence-corrected chi connectivity index (χ1v) is 6.03. The summed E-state index contributed by atoms with van der Waals surface area (Å²) >= 11 is 0. The number of methoxy groups -OCH3 is 1. The van der Waals surface area contributed by atoms with Crippen LogP contribution < -0.4 is 10.8 Å². The molecule has 1 atom stereocenters. The predicted octanol–water partition coefficient (Wildman–Crippen LogP) is -0.823. The summed E-state index contributed by atoms with van der Waals surface area (Å²) in [6.45, 7) is 2.21. The van der Waals surface area contributed by atoms with Gasteiger partial charge in [0.05, 0.1) is 6.10 Å². The Morgan fingerprint density at radius 2 is 2.10 bits per heavy atom. The molecular weight excluding hydrogens is 266 g/mol. The standard InChI is InChI=1S/C12H21N3O5/c1-10(17)14-20-8-11(19-3)4-6-15(2)7-5-12(18)13-9-16/h5,7,9,11H,4,6,8H2,1-3H3,(H,14,17)(H,13,16,18)/b7-5-. The third-order valence-electron chi connectivity index (χ3n) is 2.30. The molecule has 0 radical (unpaired) electrons. The Morgan fingerprint density at radius 1 is 1.40 bits per heavy atom. The van der Waals surface area contributed by atoms with E-state index in [0.29, 0.717) is 19.4 Å². The lowest BCUT2D eigenvalue weighted by Gasteiger charge is -2.19. The number of nitrogens with one attached hydrogen (secondary N) is 2. The SMILES string of the molecule is COC(CCN(C)/C=C\C(=O)NC=O)CONC(C)=O. The number of ether oxygens (including phenoxy) is 1. The molecule has 8 nitrogen and oxygen atoms in total. The van der Waals surface area contributed by atoms with Crippen LogP contribution in [0.25, 0.3) is 0 Å². The van der Waals surface area contributed by atoms with E-state index in [1.54, 1.807) is 25.3 Å². The van der Waals surface area contributed by atoms with Crippen molar-refractivity contribution in [3.05, 3.63) is 12.3 Å². The van der Waals surface area contributed by atoms with Crippen LogP contribution in [0.5, 0.6) is 0 Å². The molecular formula is C12H21N3O5. The maximum atomic E-state index is 11.0. The number of carbonyl (C=O) groups is 3.